The number of nitrogens with two attached hydrogens (primary N) is 1. The van der Waals surface area contributed by atoms with Gasteiger partial charge in [-0.15, -0.1) is 11.3 Å². The maximum Gasteiger partial charge on any atom is 0.276 e. The zero-order chi connectivity index (χ0) is 19.8. The predicted octanol–water partition coefficient (Wildman–Crippen LogP) is 4.03. The molecule has 0 unspecified atom stereocenters. The summed E-state index contributed by atoms with van der Waals surface area (Å²) < 4.78 is 1.85. The minimum atomic E-state index is -0.579. The molecule has 3 N–H and O–H groups in total. The Morgan fingerprint density at radius 2 is 1.82 bits per heavy atom. The molecule has 0 bridgehead atoms. The fraction of sp³-hybridized carbons (Fsp3) is 0.0952. The number of benzene rings is 1. The molecule has 140 valence electrons. The molecule has 28 heavy (non-hydrogen) atoms. The van der Waals surface area contributed by atoms with Crippen molar-refractivity contribution in [2.24, 2.45) is 5.73 Å². The number of anilines is 1. The van der Waals surface area contributed by atoms with E-state index in [1.807, 2.05) is 66.8 Å². The molecule has 1 aromatic carbocycles. The third-order valence-electron chi connectivity index (χ3n) is 4.55. The molecule has 0 spiro atoms. The van der Waals surface area contributed by atoms with Crippen LogP contribution in [-0.2, 0) is 0 Å². The van der Waals surface area contributed by atoms with Crippen molar-refractivity contribution in [3.05, 3.63) is 76.6 Å². The van der Waals surface area contributed by atoms with E-state index >= 15 is 0 Å². The largest absolute Gasteiger partial charge is 0.365 e. The highest BCUT2D eigenvalue weighted by Gasteiger charge is 2.23. The Bertz CT molecular complexity index is 1210. The van der Waals surface area contributed by atoms with Crippen LogP contribution in [0.15, 0.2) is 54.7 Å². The predicted molar refractivity (Wildman–Crippen MR) is 111 cm³/mol. The second-order valence-corrected chi connectivity index (χ2v) is 7.67. The first kappa shape index (κ1) is 17.9. The van der Waals surface area contributed by atoms with E-state index in [-0.39, 0.29) is 11.6 Å². The van der Waals surface area contributed by atoms with Crippen molar-refractivity contribution in [2.75, 3.05) is 5.32 Å². The summed E-state index contributed by atoms with van der Waals surface area (Å²) in [5.41, 5.74) is 9.55. The van der Waals surface area contributed by atoms with Crippen molar-refractivity contribution in [3.8, 4) is 11.1 Å². The van der Waals surface area contributed by atoms with E-state index in [9.17, 15) is 9.59 Å². The summed E-state index contributed by atoms with van der Waals surface area (Å²) in [6, 6.07) is 15.2. The standard InChI is InChI=1S/C21H18N4O2S/c1-12-7-6-10-16-23-15(11-25(12)16)20(27)24-21-18(19(22)26)17(13(2)28-21)14-8-4-3-5-9-14/h3-11H,1-2H3,(H2,22,26)(H,24,27). The summed E-state index contributed by atoms with van der Waals surface area (Å²) in [4.78, 5) is 30.3. The van der Waals surface area contributed by atoms with E-state index in [0.29, 0.717) is 16.2 Å². The topological polar surface area (TPSA) is 89.5 Å². The Labute approximate surface area is 165 Å². The average molecular weight is 390 g/mol. The third-order valence-corrected chi connectivity index (χ3v) is 5.57. The number of hydrogen-bond donors (Lipinski definition) is 2. The summed E-state index contributed by atoms with van der Waals surface area (Å²) in [6.07, 6.45) is 1.68. The van der Waals surface area contributed by atoms with Gasteiger partial charge >= 0.3 is 0 Å². The van der Waals surface area contributed by atoms with E-state index < -0.39 is 5.91 Å². The van der Waals surface area contributed by atoms with Gasteiger partial charge in [-0.25, -0.2) is 4.98 Å². The lowest BCUT2D eigenvalue weighted by Crippen LogP contribution is -2.17. The Kier molecular flexibility index (Phi) is 4.44. The number of thiophene rings is 1. The molecule has 3 heterocycles. The van der Waals surface area contributed by atoms with Crippen LogP contribution in [0.2, 0.25) is 0 Å². The summed E-state index contributed by atoms with van der Waals surface area (Å²) in [6.45, 7) is 3.85. The van der Waals surface area contributed by atoms with E-state index in [2.05, 4.69) is 10.3 Å². The van der Waals surface area contributed by atoms with Crippen LogP contribution in [0.4, 0.5) is 5.00 Å². The zero-order valence-corrected chi connectivity index (χ0v) is 16.2. The molecule has 0 radical (unpaired) electrons. The number of imidazole rings is 1. The first-order valence-corrected chi connectivity index (χ1v) is 9.52. The average Bonchev–Trinajstić information content (AvgIpc) is 3.24. The van der Waals surface area contributed by atoms with Crippen molar-refractivity contribution >= 4 is 33.8 Å². The maximum absolute atomic E-state index is 12.8. The number of nitrogens with zero attached hydrogens (tertiary/aromatic N) is 2. The molecule has 6 nitrogen and oxygen atoms in total. The molecule has 0 aliphatic carbocycles. The first-order valence-electron chi connectivity index (χ1n) is 8.70. The smallest absolute Gasteiger partial charge is 0.276 e. The SMILES string of the molecule is Cc1sc(NC(=O)c2cn3c(C)cccc3n2)c(C(N)=O)c1-c1ccccc1. The van der Waals surface area contributed by atoms with Crippen molar-refractivity contribution in [3.63, 3.8) is 0 Å². The van der Waals surface area contributed by atoms with Crippen LogP contribution in [0, 0.1) is 13.8 Å². The number of fused-ring (bicyclic) bond motifs is 1. The Balaban J connectivity index is 1.74. The second kappa shape index (κ2) is 6.94. The minimum Gasteiger partial charge on any atom is -0.365 e. The van der Waals surface area contributed by atoms with E-state index in [0.717, 1.165) is 21.7 Å². The summed E-state index contributed by atoms with van der Waals surface area (Å²) in [7, 11) is 0. The highest BCUT2D eigenvalue weighted by atomic mass is 32.1. The molecule has 4 rings (SSSR count). The molecule has 0 saturated heterocycles. The molecule has 3 aromatic heterocycles. The van der Waals surface area contributed by atoms with Crippen LogP contribution in [0.5, 0.6) is 0 Å². The van der Waals surface area contributed by atoms with Crippen molar-refractivity contribution in [1.29, 1.82) is 0 Å². The highest BCUT2D eigenvalue weighted by Crippen LogP contribution is 2.39. The third kappa shape index (κ3) is 3.05. The van der Waals surface area contributed by atoms with Gasteiger partial charge < -0.3 is 15.5 Å². The van der Waals surface area contributed by atoms with Crippen molar-refractivity contribution in [2.45, 2.75) is 13.8 Å². The number of pyridine rings is 1. The van der Waals surface area contributed by atoms with Crippen molar-refractivity contribution < 1.29 is 9.59 Å². The van der Waals surface area contributed by atoms with E-state index in [4.69, 9.17) is 5.73 Å². The van der Waals surface area contributed by atoms with Gasteiger partial charge in [0.2, 0.25) is 0 Å². The van der Waals surface area contributed by atoms with Gasteiger partial charge in [-0.2, -0.15) is 0 Å². The quantitative estimate of drug-likeness (QED) is 0.551. The molecule has 0 saturated carbocycles. The van der Waals surface area contributed by atoms with Gasteiger partial charge in [0.25, 0.3) is 11.8 Å². The van der Waals surface area contributed by atoms with Crippen LogP contribution in [-0.4, -0.2) is 21.2 Å². The van der Waals surface area contributed by atoms with Crippen LogP contribution >= 0.6 is 11.3 Å². The Morgan fingerprint density at radius 3 is 2.50 bits per heavy atom. The van der Waals surface area contributed by atoms with Crippen LogP contribution < -0.4 is 11.1 Å². The van der Waals surface area contributed by atoms with Gasteiger partial charge in [-0.3, -0.25) is 9.59 Å². The molecule has 0 atom stereocenters. The molecule has 2 amide bonds. The number of hydrogen-bond acceptors (Lipinski definition) is 4. The number of rotatable bonds is 4. The lowest BCUT2D eigenvalue weighted by molar-refractivity contribution is 0.100. The summed E-state index contributed by atoms with van der Waals surface area (Å²) in [5, 5.41) is 3.26. The molecule has 0 aliphatic heterocycles. The van der Waals surface area contributed by atoms with Gasteiger partial charge in [0.05, 0.1) is 5.56 Å². The Hall–Kier alpha value is -3.45. The zero-order valence-electron chi connectivity index (χ0n) is 15.4. The molecular weight excluding hydrogens is 372 g/mol. The summed E-state index contributed by atoms with van der Waals surface area (Å²) >= 11 is 1.33. The van der Waals surface area contributed by atoms with Gasteiger partial charge in [0, 0.05) is 22.3 Å². The lowest BCUT2D eigenvalue weighted by atomic mass is 10.0. The number of carbonyl (C=O) groups excluding carboxylic acids is 2. The van der Waals surface area contributed by atoms with E-state index in [1.165, 1.54) is 11.3 Å². The monoisotopic (exact) mass is 390 g/mol. The number of aryl methyl sites for hydroxylation is 2. The number of carbonyl (C=O) groups is 2. The van der Waals surface area contributed by atoms with Gasteiger partial charge in [0.1, 0.15) is 16.3 Å². The molecule has 0 aliphatic rings. The van der Waals surface area contributed by atoms with Crippen LogP contribution in [0.3, 0.4) is 0 Å². The molecule has 7 heteroatoms. The molecule has 0 fully saturated rings. The normalized spacial score (nSPS) is 10.9. The second-order valence-electron chi connectivity index (χ2n) is 6.44. The van der Waals surface area contributed by atoms with Gasteiger partial charge in [0.15, 0.2) is 0 Å². The Morgan fingerprint density at radius 1 is 1.07 bits per heavy atom. The van der Waals surface area contributed by atoms with Gasteiger partial charge in [-0.1, -0.05) is 36.4 Å². The van der Waals surface area contributed by atoms with E-state index in [1.54, 1.807) is 6.20 Å². The minimum absolute atomic E-state index is 0.275. The summed E-state index contributed by atoms with van der Waals surface area (Å²) in [5.74, 6) is -0.962. The van der Waals surface area contributed by atoms with Crippen LogP contribution in [0.25, 0.3) is 16.8 Å². The first-order chi connectivity index (χ1) is 13.5. The number of amides is 2. The number of nitrogens with one attached hydrogen (secondary N) is 1. The molecular formula is C21H18N4O2S. The number of aromatic nitrogens is 2. The van der Waals surface area contributed by atoms with Crippen molar-refractivity contribution in [1.82, 2.24) is 9.38 Å². The van der Waals surface area contributed by atoms with Gasteiger partial charge in [-0.05, 0) is 31.5 Å². The van der Waals surface area contributed by atoms with Crippen LogP contribution in [0.1, 0.15) is 31.4 Å². The fourth-order valence-corrected chi connectivity index (χ4v) is 4.32. The fourth-order valence-electron chi connectivity index (χ4n) is 3.25. The highest BCUT2D eigenvalue weighted by molar-refractivity contribution is 7.17. The number of primary amides is 1. The maximum atomic E-state index is 12.8. The lowest BCUT2D eigenvalue weighted by Gasteiger charge is -2.06. The molecule has 4 aromatic rings.